The zero-order valence-electron chi connectivity index (χ0n) is 12.9. The molecule has 0 bridgehead atoms. The Bertz CT molecular complexity index is 689. The fourth-order valence-corrected chi connectivity index (χ4v) is 3.38. The lowest BCUT2D eigenvalue weighted by atomic mass is 10.1. The van der Waals surface area contributed by atoms with Gasteiger partial charge in [0, 0.05) is 12.7 Å². The first-order chi connectivity index (χ1) is 10.0. The fourth-order valence-electron chi connectivity index (χ4n) is 2.55. The van der Waals surface area contributed by atoms with E-state index < -0.39 is 9.84 Å². The molecule has 0 fully saturated rings. The Labute approximate surface area is 126 Å². The maximum Gasteiger partial charge on any atom is 0.177 e. The third-order valence-electron chi connectivity index (χ3n) is 3.69. The summed E-state index contributed by atoms with van der Waals surface area (Å²) >= 11 is 0. The van der Waals surface area contributed by atoms with Crippen LogP contribution in [0, 0.1) is 0 Å². The molecule has 0 radical (unpaired) electrons. The lowest BCUT2D eigenvalue weighted by Crippen LogP contribution is -1.97. The molecule has 116 valence electrons. The number of benzene rings is 1. The molecule has 5 heteroatoms. The van der Waals surface area contributed by atoms with Gasteiger partial charge in [-0.3, -0.25) is 0 Å². The van der Waals surface area contributed by atoms with Gasteiger partial charge < -0.3 is 4.98 Å². The van der Waals surface area contributed by atoms with Crippen LogP contribution in [0.2, 0.25) is 0 Å². The number of hydrogen-bond donors (Lipinski definition) is 1. The normalized spacial score (nSPS) is 12.1. The van der Waals surface area contributed by atoms with Gasteiger partial charge in [0.25, 0.3) is 0 Å². The second-order valence-electron chi connectivity index (χ2n) is 5.63. The van der Waals surface area contributed by atoms with Crippen molar-refractivity contribution in [2.75, 3.05) is 6.26 Å². The van der Waals surface area contributed by atoms with Crippen LogP contribution in [-0.2, 0) is 16.3 Å². The second kappa shape index (κ2) is 7.07. The molecule has 0 amide bonds. The number of aryl methyl sites for hydroxylation is 1. The zero-order valence-corrected chi connectivity index (χ0v) is 13.7. The molecule has 1 aromatic carbocycles. The highest BCUT2D eigenvalue weighted by atomic mass is 32.2. The Kier molecular flexibility index (Phi) is 5.39. The summed E-state index contributed by atoms with van der Waals surface area (Å²) in [6.07, 6.45) is 9.54. The number of sulfone groups is 1. The van der Waals surface area contributed by atoms with Crippen molar-refractivity contribution in [1.29, 1.82) is 0 Å². The molecule has 1 N–H and O–H groups in total. The topological polar surface area (TPSA) is 62.8 Å². The molecular weight excluding hydrogens is 284 g/mol. The molecule has 4 nitrogen and oxygen atoms in total. The van der Waals surface area contributed by atoms with Crippen molar-refractivity contribution < 1.29 is 8.42 Å². The van der Waals surface area contributed by atoms with Crippen molar-refractivity contribution in [3.05, 3.63) is 24.0 Å². The first kappa shape index (κ1) is 16.0. The molecule has 0 spiro atoms. The minimum atomic E-state index is -3.23. The van der Waals surface area contributed by atoms with E-state index in [2.05, 4.69) is 16.9 Å². The number of para-hydroxylation sites is 1. The van der Waals surface area contributed by atoms with Crippen molar-refractivity contribution in [1.82, 2.24) is 9.97 Å². The number of nitrogens with zero attached hydrogens (tertiary/aromatic N) is 1. The number of fused-ring (bicyclic) bond motifs is 1. The summed E-state index contributed by atoms with van der Waals surface area (Å²) in [5.41, 5.74) is 1.37. The van der Waals surface area contributed by atoms with Crippen LogP contribution in [0.1, 0.15) is 51.3 Å². The van der Waals surface area contributed by atoms with Gasteiger partial charge in [-0.25, -0.2) is 13.4 Å². The van der Waals surface area contributed by atoms with E-state index in [0.717, 1.165) is 24.2 Å². The van der Waals surface area contributed by atoms with Gasteiger partial charge in [-0.15, -0.1) is 0 Å². The van der Waals surface area contributed by atoms with Gasteiger partial charge in [-0.05, 0) is 18.6 Å². The minimum Gasteiger partial charge on any atom is -0.342 e. The van der Waals surface area contributed by atoms with Crippen LogP contribution in [0.3, 0.4) is 0 Å². The Hall–Kier alpha value is -1.36. The fraction of sp³-hybridized carbons (Fsp3) is 0.562. The first-order valence-corrected chi connectivity index (χ1v) is 9.59. The SMILES string of the molecule is CCCCCCCCc1nc2c(S(C)(=O)=O)cccc2[nH]1. The molecule has 2 rings (SSSR count). The van der Waals surface area contributed by atoms with Gasteiger partial charge in [-0.1, -0.05) is 45.1 Å². The molecule has 2 aromatic rings. The van der Waals surface area contributed by atoms with E-state index in [1.54, 1.807) is 12.1 Å². The smallest absolute Gasteiger partial charge is 0.177 e. The molecule has 0 unspecified atom stereocenters. The monoisotopic (exact) mass is 308 g/mol. The first-order valence-electron chi connectivity index (χ1n) is 7.70. The van der Waals surface area contributed by atoms with Crippen LogP contribution in [0.15, 0.2) is 23.1 Å². The van der Waals surface area contributed by atoms with Crippen LogP contribution in [0.4, 0.5) is 0 Å². The summed E-state index contributed by atoms with van der Waals surface area (Å²) in [6, 6.07) is 5.25. The van der Waals surface area contributed by atoms with Crippen LogP contribution >= 0.6 is 0 Å². The zero-order chi connectivity index (χ0) is 15.3. The number of aromatic amines is 1. The summed E-state index contributed by atoms with van der Waals surface area (Å²) in [6.45, 7) is 2.22. The van der Waals surface area contributed by atoms with Gasteiger partial charge in [0.2, 0.25) is 0 Å². The lowest BCUT2D eigenvalue weighted by Gasteiger charge is -1.99. The standard InChI is InChI=1S/C16H24N2O2S/c1-3-4-5-6-7-8-12-15-17-13-10-9-11-14(16(13)18-15)21(2,19)20/h9-11H,3-8,12H2,1-2H3,(H,17,18). The number of hydrogen-bond acceptors (Lipinski definition) is 3. The predicted octanol–water partition coefficient (Wildman–Crippen LogP) is 3.87. The van der Waals surface area contributed by atoms with Crippen LogP contribution < -0.4 is 0 Å². The number of unbranched alkanes of at least 4 members (excludes halogenated alkanes) is 5. The van der Waals surface area contributed by atoms with E-state index >= 15 is 0 Å². The summed E-state index contributed by atoms with van der Waals surface area (Å²) in [5.74, 6) is 0.886. The average Bonchev–Trinajstić information content (AvgIpc) is 2.84. The lowest BCUT2D eigenvalue weighted by molar-refractivity contribution is 0.601. The van der Waals surface area contributed by atoms with E-state index in [1.807, 2.05) is 6.07 Å². The molecule has 1 aromatic heterocycles. The second-order valence-corrected chi connectivity index (χ2v) is 7.61. The van der Waals surface area contributed by atoms with E-state index in [9.17, 15) is 8.42 Å². The Morgan fingerprint density at radius 2 is 1.81 bits per heavy atom. The maximum absolute atomic E-state index is 11.8. The van der Waals surface area contributed by atoms with Crippen LogP contribution in [0.25, 0.3) is 11.0 Å². The molecule has 0 saturated carbocycles. The van der Waals surface area contributed by atoms with E-state index in [0.29, 0.717) is 10.4 Å². The quantitative estimate of drug-likeness (QED) is 0.753. The molecule has 0 aliphatic carbocycles. The number of aromatic nitrogens is 2. The van der Waals surface area contributed by atoms with Crippen molar-refractivity contribution in [3.8, 4) is 0 Å². The van der Waals surface area contributed by atoms with Gasteiger partial charge in [0.1, 0.15) is 11.3 Å². The minimum absolute atomic E-state index is 0.311. The summed E-state index contributed by atoms with van der Waals surface area (Å²) in [4.78, 5) is 8.02. The Morgan fingerprint density at radius 1 is 1.10 bits per heavy atom. The molecule has 1 heterocycles. The van der Waals surface area contributed by atoms with Crippen molar-refractivity contribution in [3.63, 3.8) is 0 Å². The molecule has 0 aliphatic heterocycles. The molecule has 0 atom stereocenters. The summed E-state index contributed by atoms with van der Waals surface area (Å²) in [7, 11) is -3.23. The van der Waals surface area contributed by atoms with Gasteiger partial charge in [0.05, 0.1) is 10.4 Å². The maximum atomic E-state index is 11.8. The average molecular weight is 308 g/mol. The van der Waals surface area contributed by atoms with E-state index in [1.165, 1.54) is 38.4 Å². The largest absolute Gasteiger partial charge is 0.342 e. The molecule has 21 heavy (non-hydrogen) atoms. The summed E-state index contributed by atoms with van der Waals surface area (Å²) < 4.78 is 23.5. The number of nitrogens with one attached hydrogen (secondary N) is 1. The highest BCUT2D eigenvalue weighted by Crippen LogP contribution is 2.21. The van der Waals surface area contributed by atoms with Crippen LogP contribution in [0.5, 0.6) is 0 Å². The third-order valence-corrected chi connectivity index (χ3v) is 4.82. The van der Waals surface area contributed by atoms with E-state index in [4.69, 9.17) is 0 Å². The number of rotatable bonds is 8. The number of H-pyrrole nitrogens is 1. The van der Waals surface area contributed by atoms with Crippen LogP contribution in [-0.4, -0.2) is 24.6 Å². The highest BCUT2D eigenvalue weighted by Gasteiger charge is 2.14. The molecular formula is C16H24N2O2S. The van der Waals surface area contributed by atoms with Crippen molar-refractivity contribution in [2.24, 2.45) is 0 Å². The van der Waals surface area contributed by atoms with E-state index in [-0.39, 0.29) is 0 Å². The Morgan fingerprint density at radius 3 is 2.52 bits per heavy atom. The Balaban J connectivity index is 2.03. The summed E-state index contributed by atoms with van der Waals surface area (Å²) in [5, 5.41) is 0. The predicted molar refractivity (Wildman–Crippen MR) is 86.3 cm³/mol. The third kappa shape index (κ3) is 4.30. The molecule has 0 saturated heterocycles. The van der Waals surface area contributed by atoms with Gasteiger partial charge in [-0.2, -0.15) is 0 Å². The van der Waals surface area contributed by atoms with Crippen molar-refractivity contribution in [2.45, 2.75) is 56.8 Å². The number of imidazole rings is 1. The van der Waals surface area contributed by atoms with Gasteiger partial charge >= 0.3 is 0 Å². The highest BCUT2D eigenvalue weighted by molar-refractivity contribution is 7.91. The van der Waals surface area contributed by atoms with Gasteiger partial charge in [0.15, 0.2) is 9.84 Å². The van der Waals surface area contributed by atoms with Crippen molar-refractivity contribution >= 4 is 20.9 Å². The molecule has 0 aliphatic rings.